The lowest BCUT2D eigenvalue weighted by atomic mass is 10.00. The van der Waals surface area contributed by atoms with Crippen molar-refractivity contribution in [2.75, 3.05) is 27.4 Å². The molecule has 2 aromatic carbocycles. The second-order valence-electron chi connectivity index (χ2n) is 8.79. The molecule has 1 aromatic heterocycles. The van der Waals surface area contributed by atoms with Gasteiger partial charge in [0.2, 0.25) is 0 Å². The third kappa shape index (κ3) is 8.10. The highest BCUT2D eigenvalue weighted by molar-refractivity contribution is 6.05. The molecule has 0 atom stereocenters. The van der Waals surface area contributed by atoms with Crippen molar-refractivity contribution in [2.45, 2.75) is 53.6 Å². The van der Waals surface area contributed by atoms with Crippen LogP contribution >= 0.6 is 0 Å². The van der Waals surface area contributed by atoms with Crippen molar-refractivity contribution in [3.05, 3.63) is 59.4 Å². The fraction of sp³-hybridized carbons (Fsp3) is 0.414. The number of pyridine rings is 1. The van der Waals surface area contributed by atoms with Gasteiger partial charge in [0.1, 0.15) is 11.4 Å². The zero-order valence-electron chi connectivity index (χ0n) is 23.0. The number of carbonyl (C=O) groups excluding carboxylic acids is 2. The molecule has 3 rings (SSSR count). The fourth-order valence-electron chi connectivity index (χ4n) is 3.59. The summed E-state index contributed by atoms with van der Waals surface area (Å²) in [6.07, 6.45) is 1.98. The molecule has 0 aliphatic rings. The maximum absolute atomic E-state index is 12.6. The highest BCUT2D eigenvalue weighted by Crippen LogP contribution is 2.35. The Hall–Kier alpha value is -3.81. The van der Waals surface area contributed by atoms with E-state index >= 15 is 0 Å². The molecule has 37 heavy (non-hydrogen) atoms. The van der Waals surface area contributed by atoms with E-state index in [-0.39, 0.29) is 13.2 Å². The molecule has 8 heteroatoms. The van der Waals surface area contributed by atoms with E-state index in [0.29, 0.717) is 34.6 Å². The van der Waals surface area contributed by atoms with Crippen LogP contribution in [0.4, 0.5) is 0 Å². The van der Waals surface area contributed by atoms with Gasteiger partial charge in [-0.2, -0.15) is 0 Å². The van der Waals surface area contributed by atoms with E-state index in [1.807, 2.05) is 38.1 Å². The summed E-state index contributed by atoms with van der Waals surface area (Å²) in [5, 5.41) is 1.40. The molecule has 0 spiro atoms. The molecule has 0 aliphatic heterocycles. The van der Waals surface area contributed by atoms with Gasteiger partial charge in [-0.15, -0.1) is 0 Å². The van der Waals surface area contributed by atoms with Crippen molar-refractivity contribution in [3.8, 4) is 17.2 Å². The summed E-state index contributed by atoms with van der Waals surface area (Å²) in [4.78, 5) is 29.1. The molecule has 0 N–H and O–H groups in total. The Balaban J connectivity index is 0.00000235. The largest absolute Gasteiger partial charge is 0.493 e. The first-order valence-electron chi connectivity index (χ1n) is 12.3. The van der Waals surface area contributed by atoms with Crippen molar-refractivity contribution in [1.82, 2.24) is 4.98 Å². The first kappa shape index (κ1) is 29.4. The van der Waals surface area contributed by atoms with Crippen LogP contribution in [-0.4, -0.2) is 50.0 Å². The monoisotopic (exact) mass is 511 g/mol. The molecule has 0 amide bonds. The van der Waals surface area contributed by atoms with Crippen molar-refractivity contribution in [1.29, 1.82) is 0 Å². The Morgan fingerprint density at radius 2 is 1.59 bits per heavy atom. The SMILES string of the molecule is CC.CCOC(=O)c1cnc(Cc2cccc(OCC(=O)OC(C)(C)C)c2)c2cc(OC)c(OC)cc12. The van der Waals surface area contributed by atoms with Crippen LogP contribution in [0, 0.1) is 0 Å². The van der Waals surface area contributed by atoms with Crippen molar-refractivity contribution >= 4 is 22.7 Å². The minimum atomic E-state index is -0.575. The van der Waals surface area contributed by atoms with Gasteiger partial charge in [0.05, 0.1) is 32.1 Å². The number of methoxy groups -OCH3 is 2. The van der Waals surface area contributed by atoms with Gasteiger partial charge in [-0.25, -0.2) is 9.59 Å². The van der Waals surface area contributed by atoms with Crippen LogP contribution in [0.2, 0.25) is 0 Å². The fourth-order valence-corrected chi connectivity index (χ4v) is 3.59. The highest BCUT2D eigenvalue weighted by atomic mass is 16.6. The van der Waals surface area contributed by atoms with Gasteiger partial charge in [-0.05, 0) is 57.5 Å². The molecule has 0 saturated carbocycles. The molecule has 3 aromatic rings. The lowest BCUT2D eigenvalue weighted by Gasteiger charge is -2.19. The summed E-state index contributed by atoms with van der Waals surface area (Å²) < 4.78 is 27.0. The van der Waals surface area contributed by atoms with Crippen molar-refractivity contribution in [2.24, 2.45) is 0 Å². The first-order chi connectivity index (χ1) is 17.6. The number of ether oxygens (including phenoxy) is 5. The average Bonchev–Trinajstić information content (AvgIpc) is 2.87. The van der Waals surface area contributed by atoms with Gasteiger partial charge < -0.3 is 23.7 Å². The number of aromatic nitrogens is 1. The summed E-state index contributed by atoms with van der Waals surface area (Å²) in [5.41, 5.74) is 1.42. The maximum Gasteiger partial charge on any atom is 0.344 e. The normalized spacial score (nSPS) is 10.7. The molecule has 0 bridgehead atoms. The maximum atomic E-state index is 12.6. The topological polar surface area (TPSA) is 93.2 Å². The van der Waals surface area contributed by atoms with E-state index in [4.69, 9.17) is 23.7 Å². The smallest absolute Gasteiger partial charge is 0.344 e. The van der Waals surface area contributed by atoms with Crippen molar-refractivity contribution < 1.29 is 33.3 Å². The molecular formula is C29H37NO7. The standard InChI is InChI=1S/C27H31NO7.C2H6/c1-7-33-26(30)21-15-28-22(20-14-24(32-6)23(31-5)13-19(20)21)12-17-9-8-10-18(11-17)34-16-25(29)35-27(2,3)4;1-2/h8-11,13-15H,7,12,16H2,1-6H3;1-2H3. The minimum absolute atomic E-state index is 0.187. The Bertz CT molecular complexity index is 1210. The van der Waals surface area contributed by atoms with Crippen LogP contribution in [0.25, 0.3) is 10.8 Å². The second kappa shape index (κ2) is 13.5. The molecule has 200 valence electrons. The Morgan fingerprint density at radius 3 is 2.19 bits per heavy atom. The summed E-state index contributed by atoms with van der Waals surface area (Å²) in [6.45, 7) is 11.2. The zero-order valence-corrected chi connectivity index (χ0v) is 23.0. The number of hydrogen-bond donors (Lipinski definition) is 0. The average molecular weight is 512 g/mol. The third-order valence-corrected chi connectivity index (χ3v) is 5.02. The van der Waals surface area contributed by atoms with E-state index in [1.165, 1.54) is 6.20 Å². The van der Waals surface area contributed by atoms with Crippen LogP contribution in [-0.2, 0) is 20.7 Å². The first-order valence-corrected chi connectivity index (χ1v) is 12.3. The lowest BCUT2D eigenvalue weighted by molar-refractivity contribution is -0.157. The number of hydrogen-bond acceptors (Lipinski definition) is 8. The van der Waals surface area contributed by atoms with Crippen LogP contribution in [0.1, 0.15) is 63.2 Å². The lowest BCUT2D eigenvalue weighted by Crippen LogP contribution is -2.27. The molecule has 0 unspecified atom stereocenters. The number of esters is 2. The summed E-state index contributed by atoms with van der Waals surface area (Å²) >= 11 is 0. The molecule has 0 fully saturated rings. The molecule has 0 saturated heterocycles. The van der Waals surface area contributed by atoms with E-state index in [1.54, 1.807) is 54.0 Å². The molecule has 0 aliphatic carbocycles. The van der Waals surface area contributed by atoms with Crippen LogP contribution in [0.3, 0.4) is 0 Å². The van der Waals surface area contributed by atoms with Gasteiger partial charge in [0, 0.05) is 23.4 Å². The Labute approximate surface area is 218 Å². The molecule has 1 heterocycles. The highest BCUT2D eigenvalue weighted by Gasteiger charge is 2.19. The number of nitrogens with zero attached hydrogens (tertiary/aromatic N) is 1. The Morgan fingerprint density at radius 1 is 0.946 bits per heavy atom. The number of benzene rings is 2. The van der Waals surface area contributed by atoms with Crippen LogP contribution in [0.15, 0.2) is 42.6 Å². The summed E-state index contributed by atoms with van der Waals surface area (Å²) in [6, 6.07) is 11.0. The van der Waals surface area contributed by atoms with E-state index < -0.39 is 17.5 Å². The number of rotatable bonds is 9. The van der Waals surface area contributed by atoms with Gasteiger partial charge in [-0.3, -0.25) is 4.98 Å². The quantitative estimate of drug-likeness (QED) is 0.335. The van der Waals surface area contributed by atoms with Gasteiger partial charge in [-0.1, -0.05) is 26.0 Å². The summed E-state index contributed by atoms with van der Waals surface area (Å²) in [5.74, 6) is 0.672. The van der Waals surface area contributed by atoms with E-state index in [9.17, 15) is 9.59 Å². The van der Waals surface area contributed by atoms with Gasteiger partial charge >= 0.3 is 11.9 Å². The minimum Gasteiger partial charge on any atom is -0.493 e. The number of fused-ring (bicyclic) bond motifs is 1. The van der Waals surface area contributed by atoms with Crippen LogP contribution < -0.4 is 14.2 Å². The predicted octanol–water partition coefficient (Wildman–Crippen LogP) is 5.77. The molecule has 8 nitrogen and oxygen atoms in total. The van der Waals surface area contributed by atoms with E-state index in [2.05, 4.69) is 4.98 Å². The number of carbonyl (C=O) groups is 2. The van der Waals surface area contributed by atoms with Crippen LogP contribution in [0.5, 0.6) is 17.2 Å². The molecular weight excluding hydrogens is 474 g/mol. The third-order valence-electron chi connectivity index (χ3n) is 5.02. The Kier molecular flexibility index (Phi) is 10.7. The van der Waals surface area contributed by atoms with Gasteiger partial charge in [0.15, 0.2) is 18.1 Å². The zero-order chi connectivity index (χ0) is 27.6. The van der Waals surface area contributed by atoms with Gasteiger partial charge in [0.25, 0.3) is 0 Å². The molecule has 0 radical (unpaired) electrons. The van der Waals surface area contributed by atoms with E-state index in [0.717, 1.165) is 16.6 Å². The predicted molar refractivity (Wildman–Crippen MR) is 143 cm³/mol. The summed E-state index contributed by atoms with van der Waals surface area (Å²) in [7, 11) is 3.09. The second-order valence-corrected chi connectivity index (χ2v) is 8.79. The van der Waals surface area contributed by atoms with Crippen molar-refractivity contribution in [3.63, 3.8) is 0 Å².